The molecule has 1 aromatic heterocycles. The summed E-state index contributed by atoms with van der Waals surface area (Å²) in [7, 11) is 0. The molecule has 0 bridgehead atoms. The average Bonchev–Trinajstić information content (AvgIpc) is 3.42. The number of aromatic nitrogens is 2. The lowest BCUT2D eigenvalue weighted by atomic mass is 10.2. The number of aliphatic carboxylic acids is 1. The lowest BCUT2D eigenvalue weighted by Crippen LogP contribution is -2.61. The summed E-state index contributed by atoms with van der Waals surface area (Å²) >= 11 is 0. The molecule has 2 unspecified atom stereocenters. The van der Waals surface area contributed by atoms with Crippen molar-refractivity contribution in [2.24, 2.45) is 0 Å². The van der Waals surface area contributed by atoms with E-state index in [2.05, 4.69) is 25.9 Å². The molecular formula is C25H26N6O7. The Labute approximate surface area is 216 Å². The third-order valence-electron chi connectivity index (χ3n) is 6.05. The van der Waals surface area contributed by atoms with E-state index in [9.17, 15) is 29.1 Å². The summed E-state index contributed by atoms with van der Waals surface area (Å²) in [5.41, 5.74) is 2.22. The number of carbonyl (C=O) groups excluding carboxylic acids is 5. The molecule has 1 aliphatic heterocycles. The predicted molar refractivity (Wildman–Crippen MR) is 130 cm³/mol. The van der Waals surface area contributed by atoms with Crippen LogP contribution in [0.5, 0.6) is 0 Å². The summed E-state index contributed by atoms with van der Waals surface area (Å²) in [6.45, 7) is -0.987. The number of hydrogen-bond acceptors (Lipinski definition) is 8. The first kappa shape index (κ1) is 26.3. The van der Waals surface area contributed by atoms with Crippen LogP contribution in [-0.2, 0) is 32.1 Å². The monoisotopic (exact) mass is 522 g/mol. The van der Waals surface area contributed by atoms with Gasteiger partial charge in [0.15, 0.2) is 6.54 Å². The van der Waals surface area contributed by atoms with Gasteiger partial charge in [-0.25, -0.2) is 19.4 Å². The number of hydrogen-bond donors (Lipinski definition) is 4. The Hall–Kier alpha value is -4.78. The van der Waals surface area contributed by atoms with Crippen LogP contribution in [0.2, 0.25) is 0 Å². The van der Waals surface area contributed by atoms with E-state index in [0.29, 0.717) is 11.4 Å². The first-order valence-electron chi connectivity index (χ1n) is 11.8. The number of urea groups is 1. The number of imidazole rings is 1. The summed E-state index contributed by atoms with van der Waals surface area (Å²) in [5.74, 6) is -2.35. The fraction of sp³-hybridized carbons (Fsp3) is 0.280. The number of carbonyl (C=O) groups is 5. The van der Waals surface area contributed by atoms with Crippen LogP contribution in [0.25, 0.3) is 11.0 Å². The van der Waals surface area contributed by atoms with Crippen molar-refractivity contribution in [3.05, 3.63) is 66.0 Å². The minimum Gasteiger partial charge on any atom is -0.550 e. The number of quaternary nitrogens is 1. The maximum atomic E-state index is 12.9. The number of aromatic amines is 1. The van der Waals surface area contributed by atoms with E-state index in [4.69, 9.17) is 4.74 Å². The number of para-hydroxylation sites is 2. The number of carboxylic acids is 1. The molecule has 38 heavy (non-hydrogen) atoms. The number of imide groups is 1. The quantitative estimate of drug-likeness (QED) is 0.150. The number of benzene rings is 2. The van der Waals surface area contributed by atoms with Crippen molar-refractivity contribution in [1.82, 2.24) is 25.9 Å². The van der Waals surface area contributed by atoms with Gasteiger partial charge in [0.1, 0.15) is 31.7 Å². The second kappa shape index (κ2) is 11.5. The van der Waals surface area contributed by atoms with Crippen LogP contribution < -0.4 is 21.1 Å². The molecule has 2 atom stereocenters. The summed E-state index contributed by atoms with van der Waals surface area (Å²) in [5, 5.41) is 18.3. The first-order chi connectivity index (χ1) is 18.2. The highest BCUT2D eigenvalue weighted by Crippen LogP contribution is 2.17. The van der Waals surface area contributed by atoms with Gasteiger partial charge in [0.2, 0.25) is 0 Å². The Kier molecular flexibility index (Phi) is 7.97. The van der Waals surface area contributed by atoms with E-state index in [1.165, 1.54) is 0 Å². The van der Waals surface area contributed by atoms with Gasteiger partial charge in [0.25, 0.3) is 5.91 Å². The fourth-order valence-electron chi connectivity index (χ4n) is 4.15. The van der Waals surface area contributed by atoms with Crippen LogP contribution in [0.15, 0.2) is 54.6 Å². The van der Waals surface area contributed by atoms with Crippen LogP contribution in [-0.4, -0.2) is 70.2 Å². The molecule has 0 spiro atoms. The topological polar surface area (TPSA) is 182 Å². The SMILES string of the molecule is O=C([O-])CC(NC(=O)C[N+]1(CCc2nc3ccccc3[nH]2)C(=O)CNC1=O)NC(=O)OCc1ccccc1. The van der Waals surface area contributed by atoms with Crippen LogP contribution in [0.3, 0.4) is 0 Å². The number of nitrogens with zero attached hydrogens (tertiary/aromatic N) is 2. The lowest BCUT2D eigenvalue weighted by molar-refractivity contribution is -0.758. The zero-order chi connectivity index (χ0) is 27.1. The number of H-pyrrole nitrogens is 1. The standard InChI is InChI=1S/C25H26N6O7/c32-21(29-20(12-23(34)35)30-25(37)38-15-16-6-2-1-3-7-16)14-31(22(33)13-26-24(31)36)11-10-19-27-17-8-4-5-9-18(17)28-19/h1-9,20H,10-15H2,(H4-,26,27,28,29,30,32,34,35,36,37). The number of fused-ring (bicyclic) bond motifs is 1. The summed E-state index contributed by atoms with van der Waals surface area (Å²) < 4.78 is 4.24. The van der Waals surface area contributed by atoms with Crippen LogP contribution in [0.1, 0.15) is 17.8 Å². The van der Waals surface area contributed by atoms with Gasteiger partial charge in [-0.3, -0.25) is 10.1 Å². The smallest absolute Gasteiger partial charge is 0.425 e. The van der Waals surface area contributed by atoms with Crippen LogP contribution >= 0.6 is 0 Å². The molecule has 0 aliphatic carbocycles. The van der Waals surface area contributed by atoms with E-state index < -0.39 is 53.5 Å². The highest BCUT2D eigenvalue weighted by Gasteiger charge is 2.51. The molecule has 0 radical (unpaired) electrons. The van der Waals surface area contributed by atoms with Crippen molar-refractivity contribution in [2.75, 3.05) is 19.6 Å². The highest BCUT2D eigenvalue weighted by atomic mass is 16.5. The number of carboxylic acid groups (broad SMARTS) is 1. The van der Waals surface area contributed by atoms with E-state index in [1.807, 2.05) is 24.3 Å². The Balaban J connectivity index is 1.40. The van der Waals surface area contributed by atoms with Gasteiger partial charge >= 0.3 is 18.0 Å². The van der Waals surface area contributed by atoms with Gasteiger partial charge in [-0.05, 0) is 17.7 Å². The molecule has 4 rings (SSSR count). The maximum absolute atomic E-state index is 12.9. The highest BCUT2D eigenvalue weighted by molar-refractivity contribution is 5.95. The molecule has 0 saturated carbocycles. The minimum absolute atomic E-state index is 0.0599. The third kappa shape index (κ3) is 6.31. The van der Waals surface area contributed by atoms with E-state index >= 15 is 0 Å². The summed E-state index contributed by atoms with van der Waals surface area (Å²) in [6, 6.07) is 15.5. The third-order valence-corrected chi connectivity index (χ3v) is 6.05. The average molecular weight is 523 g/mol. The van der Waals surface area contributed by atoms with Crippen molar-refractivity contribution in [2.45, 2.75) is 25.6 Å². The van der Waals surface area contributed by atoms with Gasteiger partial charge in [0, 0.05) is 12.4 Å². The minimum atomic E-state index is -1.54. The zero-order valence-corrected chi connectivity index (χ0v) is 20.3. The number of ether oxygens (including phenoxy) is 1. The normalized spacial score (nSPS) is 17.6. The second-order valence-electron chi connectivity index (χ2n) is 8.75. The molecular weight excluding hydrogens is 496 g/mol. The molecule has 4 N–H and O–H groups in total. The van der Waals surface area contributed by atoms with Crippen LogP contribution in [0.4, 0.5) is 9.59 Å². The van der Waals surface area contributed by atoms with Gasteiger partial charge in [-0.15, -0.1) is 0 Å². The molecule has 198 valence electrons. The second-order valence-corrected chi connectivity index (χ2v) is 8.75. The fourth-order valence-corrected chi connectivity index (χ4v) is 4.15. The Morgan fingerprint density at radius 1 is 1.05 bits per heavy atom. The molecule has 3 aromatic rings. The summed E-state index contributed by atoms with van der Waals surface area (Å²) in [4.78, 5) is 69.4. The number of alkyl carbamates (subject to hydrolysis) is 1. The van der Waals surface area contributed by atoms with E-state index in [1.54, 1.807) is 30.3 Å². The van der Waals surface area contributed by atoms with Gasteiger partial charge in [-0.2, -0.15) is 4.48 Å². The van der Waals surface area contributed by atoms with Gasteiger partial charge in [0.05, 0.1) is 17.5 Å². The molecule has 2 aromatic carbocycles. The van der Waals surface area contributed by atoms with Crippen LogP contribution in [0, 0.1) is 0 Å². The Morgan fingerprint density at radius 3 is 2.47 bits per heavy atom. The largest absolute Gasteiger partial charge is 0.550 e. The molecule has 5 amide bonds. The molecule has 1 saturated heterocycles. The number of nitrogens with one attached hydrogen (secondary N) is 4. The van der Waals surface area contributed by atoms with Crippen molar-refractivity contribution >= 4 is 40.9 Å². The van der Waals surface area contributed by atoms with Crippen molar-refractivity contribution in [1.29, 1.82) is 0 Å². The molecule has 1 fully saturated rings. The molecule has 13 nitrogen and oxygen atoms in total. The number of rotatable bonds is 11. The van der Waals surface area contributed by atoms with Gasteiger partial charge < -0.3 is 30.3 Å². The molecule has 1 aliphatic rings. The summed E-state index contributed by atoms with van der Waals surface area (Å²) in [6.07, 6.45) is -2.94. The lowest BCUT2D eigenvalue weighted by Gasteiger charge is -2.27. The maximum Gasteiger partial charge on any atom is 0.425 e. The Morgan fingerprint density at radius 2 is 1.79 bits per heavy atom. The Bertz CT molecular complexity index is 1310. The first-order valence-corrected chi connectivity index (χ1v) is 11.8. The van der Waals surface area contributed by atoms with Crippen molar-refractivity contribution in [3.63, 3.8) is 0 Å². The van der Waals surface area contributed by atoms with E-state index in [-0.39, 0.29) is 26.1 Å². The van der Waals surface area contributed by atoms with Crippen molar-refractivity contribution < 1.29 is 38.3 Å². The number of amides is 5. The van der Waals surface area contributed by atoms with E-state index in [0.717, 1.165) is 11.0 Å². The van der Waals surface area contributed by atoms with Gasteiger partial charge in [-0.1, -0.05) is 42.5 Å². The molecule has 13 heteroatoms. The van der Waals surface area contributed by atoms with Crippen molar-refractivity contribution in [3.8, 4) is 0 Å². The molecule has 2 heterocycles. The predicted octanol–water partition coefficient (Wildman–Crippen LogP) is -0.319. The zero-order valence-electron chi connectivity index (χ0n) is 20.3.